The largest absolute Gasteiger partial charge is 0.513 e. The standard InChI is InChI=1S/C34H49NO8/c1-30(2,3)31(4,39)24-17-32-11-12-34(24,40-5)28-33(32)13-14-35(18-20-6-7-20)25(32)16-21-8-9-23(27(43-28)26(21)33)42-29(38)41-15-10-22(37)19-36/h8-9,20,22,24-25,28,36-37,39H,6-7,10-19H2,1-5H3/t22-,24-,25-,28-,31+,32-,33+,34?/m1/s1. The van der Waals surface area contributed by atoms with Crippen LogP contribution in [0.3, 0.4) is 0 Å². The van der Waals surface area contributed by atoms with Crippen LogP contribution >= 0.6 is 0 Å². The predicted octanol–water partition coefficient (Wildman–Crippen LogP) is 3.97. The van der Waals surface area contributed by atoms with E-state index in [-0.39, 0.29) is 41.3 Å². The van der Waals surface area contributed by atoms with Gasteiger partial charge in [-0.1, -0.05) is 26.8 Å². The van der Waals surface area contributed by atoms with Crippen molar-refractivity contribution in [1.82, 2.24) is 4.90 Å². The van der Waals surface area contributed by atoms with Crippen LogP contribution in [0.2, 0.25) is 0 Å². The van der Waals surface area contributed by atoms with E-state index in [0.29, 0.717) is 17.5 Å². The molecule has 2 aliphatic heterocycles. The molecule has 1 aromatic carbocycles. The van der Waals surface area contributed by atoms with Crippen molar-refractivity contribution in [2.24, 2.45) is 22.7 Å². The number of benzene rings is 1. The molecular weight excluding hydrogens is 550 g/mol. The third-order valence-corrected chi connectivity index (χ3v) is 12.9. The van der Waals surface area contributed by atoms with Gasteiger partial charge < -0.3 is 34.3 Å². The van der Waals surface area contributed by atoms with Gasteiger partial charge in [0.25, 0.3) is 0 Å². The van der Waals surface area contributed by atoms with E-state index in [1.165, 1.54) is 24.0 Å². The Hall–Kier alpha value is -1.91. The van der Waals surface area contributed by atoms with Crippen LogP contribution in [-0.2, 0) is 21.3 Å². The summed E-state index contributed by atoms with van der Waals surface area (Å²) >= 11 is 0. The average molecular weight is 600 g/mol. The summed E-state index contributed by atoms with van der Waals surface area (Å²) in [6.07, 6.45) is 5.20. The highest BCUT2D eigenvalue weighted by molar-refractivity contribution is 5.70. The van der Waals surface area contributed by atoms with Gasteiger partial charge in [0.15, 0.2) is 11.5 Å². The van der Waals surface area contributed by atoms with Crippen LogP contribution in [0.15, 0.2) is 12.1 Å². The second-order valence-electron chi connectivity index (χ2n) is 15.6. The molecule has 1 unspecified atom stereocenters. The molecule has 4 bridgehead atoms. The van der Waals surface area contributed by atoms with E-state index in [9.17, 15) is 15.0 Å². The number of piperidine rings is 1. The third-order valence-electron chi connectivity index (χ3n) is 12.9. The van der Waals surface area contributed by atoms with Crippen LogP contribution in [0.4, 0.5) is 4.79 Å². The molecule has 0 amide bonds. The van der Waals surface area contributed by atoms with Gasteiger partial charge in [-0.05, 0) is 81.4 Å². The fourth-order valence-electron chi connectivity index (χ4n) is 10.1. The molecule has 5 fully saturated rings. The van der Waals surface area contributed by atoms with Crippen LogP contribution in [0, 0.1) is 22.7 Å². The van der Waals surface area contributed by atoms with Crippen LogP contribution in [0.5, 0.6) is 11.5 Å². The lowest BCUT2D eigenvalue weighted by atomic mass is 9.33. The first-order valence-corrected chi connectivity index (χ1v) is 16.3. The van der Waals surface area contributed by atoms with E-state index in [4.69, 9.17) is 24.1 Å². The first-order chi connectivity index (χ1) is 20.3. The number of carbonyl (C=O) groups excluding carboxylic acids is 1. The van der Waals surface area contributed by atoms with Crippen LogP contribution in [0.1, 0.15) is 83.8 Å². The monoisotopic (exact) mass is 599 g/mol. The number of ether oxygens (including phenoxy) is 4. The number of methoxy groups -OCH3 is 1. The molecule has 4 saturated carbocycles. The topological polar surface area (TPSA) is 118 Å². The normalized spacial score (nSPS) is 37.7. The van der Waals surface area contributed by atoms with Crippen molar-refractivity contribution >= 4 is 6.16 Å². The highest BCUT2D eigenvalue weighted by Gasteiger charge is 2.82. The molecule has 9 heteroatoms. The first kappa shape index (κ1) is 29.8. The Morgan fingerprint density at radius 1 is 1.19 bits per heavy atom. The molecule has 2 heterocycles. The summed E-state index contributed by atoms with van der Waals surface area (Å²) in [5.41, 5.74) is -0.0344. The number of aliphatic hydroxyl groups excluding tert-OH is 2. The van der Waals surface area contributed by atoms with Crippen molar-refractivity contribution in [2.45, 2.75) is 114 Å². The maximum atomic E-state index is 12.8. The smallest absolute Gasteiger partial charge is 0.482 e. The van der Waals surface area contributed by atoms with Gasteiger partial charge in [0.1, 0.15) is 11.7 Å². The molecule has 7 aliphatic rings. The molecule has 2 spiro atoms. The molecule has 0 aromatic heterocycles. The zero-order valence-electron chi connectivity index (χ0n) is 26.4. The third kappa shape index (κ3) is 3.97. The molecule has 43 heavy (non-hydrogen) atoms. The van der Waals surface area contributed by atoms with Crippen LogP contribution < -0.4 is 9.47 Å². The number of aliphatic hydroxyl groups is 3. The quantitative estimate of drug-likeness (QED) is 0.286. The van der Waals surface area contributed by atoms with Gasteiger partial charge in [0.05, 0.1) is 24.9 Å². The molecule has 9 nitrogen and oxygen atoms in total. The van der Waals surface area contributed by atoms with Crippen molar-refractivity contribution in [3.63, 3.8) is 0 Å². The van der Waals surface area contributed by atoms with E-state index < -0.39 is 30.1 Å². The zero-order chi connectivity index (χ0) is 30.6. The maximum Gasteiger partial charge on any atom is 0.513 e. The summed E-state index contributed by atoms with van der Waals surface area (Å²) < 4.78 is 24.8. The summed E-state index contributed by atoms with van der Waals surface area (Å²) in [5, 5.41) is 31.1. The van der Waals surface area contributed by atoms with Crippen molar-refractivity contribution in [3.8, 4) is 11.5 Å². The van der Waals surface area contributed by atoms with Gasteiger partial charge in [-0.15, -0.1) is 0 Å². The fourth-order valence-corrected chi connectivity index (χ4v) is 10.1. The van der Waals surface area contributed by atoms with Crippen LogP contribution in [-0.4, -0.2) is 89.2 Å². The second kappa shape index (κ2) is 9.79. The van der Waals surface area contributed by atoms with Crippen molar-refractivity contribution in [1.29, 1.82) is 0 Å². The number of hydrogen-bond acceptors (Lipinski definition) is 9. The fraction of sp³-hybridized carbons (Fsp3) is 0.794. The molecule has 0 radical (unpaired) electrons. The molecule has 3 N–H and O–H groups in total. The minimum Gasteiger partial charge on any atom is -0.482 e. The number of rotatable bonds is 9. The van der Waals surface area contributed by atoms with E-state index in [0.717, 1.165) is 51.1 Å². The number of nitrogens with zero attached hydrogens (tertiary/aromatic N) is 1. The Morgan fingerprint density at radius 3 is 2.63 bits per heavy atom. The Morgan fingerprint density at radius 2 is 1.95 bits per heavy atom. The molecular formula is C34H49NO8. The predicted molar refractivity (Wildman–Crippen MR) is 158 cm³/mol. The highest BCUT2D eigenvalue weighted by atomic mass is 16.7. The number of fused-ring (bicyclic) bond motifs is 2. The molecule has 1 aromatic rings. The van der Waals surface area contributed by atoms with Gasteiger partial charge in [-0.25, -0.2) is 4.79 Å². The first-order valence-electron chi connectivity index (χ1n) is 16.3. The number of likely N-dealkylation sites (tertiary alicyclic amines) is 1. The summed E-state index contributed by atoms with van der Waals surface area (Å²) in [6.45, 7) is 10.0. The van der Waals surface area contributed by atoms with E-state index in [1.54, 1.807) is 7.11 Å². The minimum absolute atomic E-state index is 0.0633. The van der Waals surface area contributed by atoms with Crippen molar-refractivity contribution in [2.75, 3.05) is 33.4 Å². The average Bonchev–Trinajstić information content (AvgIpc) is 3.71. The van der Waals surface area contributed by atoms with E-state index in [1.807, 2.05) is 13.0 Å². The van der Waals surface area contributed by atoms with Gasteiger partial charge in [0, 0.05) is 48.4 Å². The minimum atomic E-state index is -1.01. The lowest BCUT2D eigenvalue weighted by Gasteiger charge is -2.75. The summed E-state index contributed by atoms with van der Waals surface area (Å²) in [5.74, 6) is 1.61. The van der Waals surface area contributed by atoms with E-state index >= 15 is 0 Å². The summed E-state index contributed by atoms with van der Waals surface area (Å²) in [6, 6.07) is 4.29. The van der Waals surface area contributed by atoms with Crippen molar-refractivity contribution in [3.05, 3.63) is 23.3 Å². The molecule has 238 valence electrons. The maximum absolute atomic E-state index is 12.8. The Bertz CT molecular complexity index is 1290. The number of hydrogen-bond donors (Lipinski definition) is 3. The van der Waals surface area contributed by atoms with Gasteiger partial charge in [-0.3, -0.25) is 4.90 Å². The molecule has 5 aliphatic carbocycles. The zero-order valence-corrected chi connectivity index (χ0v) is 26.4. The second-order valence-corrected chi connectivity index (χ2v) is 15.6. The Balaban J connectivity index is 1.33. The lowest BCUT2D eigenvalue weighted by Crippen LogP contribution is -2.83. The van der Waals surface area contributed by atoms with Gasteiger partial charge >= 0.3 is 6.16 Å². The Labute approximate surface area is 254 Å². The molecule has 8 atom stereocenters. The number of carbonyl (C=O) groups is 1. The van der Waals surface area contributed by atoms with Crippen LogP contribution in [0.25, 0.3) is 0 Å². The van der Waals surface area contributed by atoms with Gasteiger partial charge in [-0.2, -0.15) is 0 Å². The lowest BCUT2D eigenvalue weighted by molar-refractivity contribution is -0.312. The Kier molecular flexibility index (Phi) is 6.78. The van der Waals surface area contributed by atoms with Gasteiger partial charge in [0.2, 0.25) is 0 Å². The van der Waals surface area contributed by atoms with Crippen molar-refractivity contribution < 1.29 is 39.1 Å². The summed E-state index contributed by atoms with van der Waals surface area (Å²) in [7, 11) is 1.78. The van der Waals surface area contributed by atoms with E-state index in [2.05, 4.69) is 31.7 Å². The molecule has 8 rings (SSSR count). The molecule has 1 saturated heterocycles. The highest BCUT2D eigenvalue weighted by Crippen LogP contribution is 2.78. The SMILES string of the molecule is COC12CC[C@@]3(C[C@@H]1[C@](C)(O)C(C)(C)C)[C@H]1Cc4ccc(OC(=O)OCC[C@@H](O)CO)c5c4[C@@]3(CCN1CC1CC1)[C@H]2O5. The summed E-state index contributed by atoms with van der Waals surface area (Å²) in [4.78, 5) is 15.5.